The van der Waals surface area contributed by atoms with Crippen molar-refractivity contribution in [2.45, 2.75) is 54.2 Å². The van der Waals surface area contributed by atoms with Crippen LogP contribution in [0.2, 0.25) is 5.02 Å². The number of carbonyl (C=O) groups is 1. The van der Waals surface area contributed by atoms with Gasteiger partial charge in [-0.05, 0) is 49.4 Å². The van der Waals surface area contributed by atoms with Gasteiger partial charge in [0.2, 0.25) is 5.91 Å². The van der Waals surface area contributed by atoms with Gasteiger partial charge in [0.15, 0.2) is 5.16 Å². The zero-order chi connectivity index (χ0) is 23.2. The molecule has 1 amide bonds. The molecule has 0 spiro atoms. The molecule has 0 unspecified atom stereocenters. The number of nitrogens with one attached hydrogen (secondary N) is 1. The van der Waals surface area contributed by atoms with Gasteiger partial charge in [-0.2, -0.15) is 13.2 Å². The lowest BCUT2D eigenvalue weighted by Gasteiger charge is -2.18. The first-order chi connectivity index (χ1) is 15.8. The van der Waals surface area contributed by atoms with Crippen molar-refractivity contribution >= 4 is 35.0 Å². The van der Waals surface area contributed by atoms with Gasteiger partial charge in [0.25, 0.3) is 0 Å². The number of alkyl halides is 3. The number of anilines is 1. The van der Waals surface area contributed by atoms with Crippen molar-refractivity contribution < 1.29 is 18.0 Å². The molecule has 5 rings (SSSR count). The first-order valence-corrected chi connectivity index (χ1v) is 11.9. The second kappa shape index (κ2) is 8.68. The number of hydrogen-bond donors (Lipinski definition) is 1. The highest BCUT2D eigenvalue weighted by Gasteiger charge is 2.38. The average molecular weight is 493 g/mol. The summed E-state index contributed by atoms with van der Waals surface area (Å²) in [6.45, 7) is 0. The van der Waals surface area contributed by atoms with E-state index < -0.39 is 22.9 Å². The summed E-state index contributed by atoms with van der Waals surface area (Å²) >= 11 is 7.36. The van der Waals surface area contributed by atoms with Gasteiger partial charge in [0.1, 0.15) is 11.1 Å². The molecule has 2 saturated carbocycles. The summed E-state index contributed by atoms with van der Waals surface area (Å²) in [4.78, 5) is 13.4. The highest BCUT2D eigenvalue weighted by molar-refractivity contribution is 8.00. The number of carbonyl (C=O) groups excluding carboxylic acids is 1. The first-order valence-electron chi connectivity index (χ1n) is 10.7. The molecule has 2 aliphatic rings. The predicted octanol–water partition coefficient (Wildman–Crippen LogP) is 6.63. The summed E-state index contributed by atoms with van der Waals surface area (Å²) in [6, 6.07) is 12.3. The number of benzene rings is 2. The summed E-state index contributed by atoms with van der Waals surface area (Å²) < 4.78 is 41.6. The Hall–Kier alpha value is -2.52. The Balaban J connectivity index is 1.45. The summed E-state index contributed by atoms with van der Waals surface area (Å²) in [7, 11) is 0. The maximum atomic E-state index is 13.4. The van der Waals surface area contributed by atoms with Gasteiger partial charge in [-0.15, -0.1) is 10.2 Å². The highest BCUT2D eigenvalue weighted by atomic mass is 35.5. The van der Waals surface area contributed by atoms with Crippen LogP contribution in [0.5, 0.6) is 0 Å². The second-order valence-corrected chi connectivity index (χ2v) is 9.79. The van der Waals surface area contributed by atoms with Crippen molar-refractivity contribution in [1.82, 2.24) is 14.8 Å². The molecule has 3 aromatic rings. The van der Waals surface area contributed by atoms with Crippen molar-refractivity contribution in [1.29, 1.82) is 0 Å². The summed E-state index contributed by atoms with van der Waals surface area (Å²) in [5.74, 6) is 0.902. The lowest BCUT2D eigenvalue weighted by atomic mass is 10.1. The van der Waals surface area contributed by atoms with Crippen molar-refractivity contribution in [3.05, 3.63) is 70.5 Å². The molecule has 1 heterocycles. The standard InChI is InChI=1S/C23H20ClF3N4OS/c24-17-11-8-15(23(25,26)27)12-18(17)28-21(32)19(13-4-2-1-3-5-13)33-22-30-29-20(14-6-7-14)31(22)16-9-10-16/h1-5,8,11-12,14,16,19H,6-7,9-10H2,(H,28,32)/t19-/m1/s1. The van der Waals surface area contributed by atoms with E-state index in [0.717, 1.165) is 49.7 Å². The lowest BCUT2D eigenvalue weighted by molar-refractivity contribution is -0.137. The van der Waals surface area contributed by atoms with E-state index in [-0.39, 0.29) is 10.7 Å². The maximum Gasteiger partial charge on any atom is 0.416 e. The highest BCUT2D eigenvalue weighted by Crippen LogP contribution is 2.48. The van der Waals surface area contributed by atoms with E-state index in [1.165, 1.54) is 11.8 Å². The molecule has 1 aromatic heterocycles. The van der Waals surface area contributed by atoms with Crippen LogP contribution in [-0.2, 0) is 11.0 Å². The van der Waals surface area contributed by atoms with Crippen LogP contribution >= 0.6 is 23.4 Å². The number of hydrogen-bond acceptors (Lipinski definition) is 4. The third-order valence-electron chi connectivity index (χ3n) is 5.66. The van der Waals surface area contributed by atoms with E-state index in [9.17, 15) is 18.0 Å². The molecule has 2 fully saturated rings. The van der Waals surface area contributed by atoms with E-state index in [1.807, 2.05) is 30.3 Å². The molecular formula is C23H20ClF3N4OS. The van der Waals surface area contributed by atoms with Gasteiger partial charge < -0.3 is 9.88 Å². The maximum absolute atomic E-state index is 13.4. The largest absolute Gasteiger partial charge is 0.416 e. The quantitative estimate of drug-likeness (QED) is 0.376. The SMILES string of the molecule is O=C(Nc1cc(C(F)(F)F)ccc1Cl)[C@H](Sc1nnc(C2CC2)n1C1CC1)c1ccccc1. The van der Waals surface area contributed by atoms with Gasteiger partial charge in [0, 0.05) is 12.0 Å². The topological polar surface area (TPSA) is 59.8 Å². The van der Waals surface area contributed by atoms with E-state index in [1.54, 1.807) is 0 Å². The Kier molecular flexibility index (Phi) is 5.86. The summed E-state index contributed by atoms with van der Waals surface area (Å²) in [6.07, 6.45) is -0.267. The molecule has 1 N–H and O–H groups in total. The molecule has 0 bridgehead atoms. The fourth-order valence-corrected chi connectivity index (χ4v) is 4.95. The van der Waals surface area contributed by atoms with Gasteiger partial charge >= 0.3 is 6.18 Å². The van der Waals surface area contributed by atoms with Crippen molar-refractivity contribution in [3.8, 4) is 0 Å². The third-order valence-corrected chi connectivity index (χ3v) is 7.20. The van der Waals surface area contributed by atoms with Crippen LogP contribution in [0.25, 0.3) is 0 Å². The third kappa shape index (κ3) is 4.89. The molecule has 172 valence electrons. The number of rotatable bonds is 7. The lowest BCUT2D eigenvalue weighted by Crippen LogP contribution is -2.20. The van der Waals surface area contributed by atoms with Crippen LogP contribution in [0.1, 0.15) is 59.8 Å². The number of amides is 1. The van der Waals surface area contributed by atoms with Crippen LogP contribution in [0.4, 0.5) is 18.9 Å². The van der Waals surface area contributed by atoms with E-state index in [0.29, 0.717) is 22.7 Å². The van der Waals surface area contributed by atoms with Crippen LogP contribution in [0.15, 0.2) is 53.7 Å². The second-order valence-electron chi connectivity index (χ2n) is 8.31. The Bertz CT molecular complexity index is 1180. The Morgan fingerprint density at radius 3 is 2.45 bits per heavy atom. The smallest absolute Gasteiger partial charge is 0.323 e. The first kappa shape index (κ1) is 22.3. The van der Waals surface area contributed by atoms with Crippen LogP contribution in [0, 0.1) is 0 Å². The van der Waals surface area contributed by atoms with Crippen molar-refractivity contribution in [3.63, 3.8) is 0 Å². The number of aromatic nitrogens is 3. The minimum atomic E-state index is -4.54. The van der Waals surface area contributed by atoms with E-state index in [2.05, 4.69) is 20.1 Å². The fraction of sp³-hybridized carbons (Fsp3) is 0.348. The van der Waals surface area contributed by atoms with Gasteiger partial charge in [-0.25, -0.2) is 0 Å². The van der Waals surface area contributed by atoms with E-state index in [4.69, 9.17) is 11.6 Å². The van der Waals surface area contributed by atoms with Gasteiger partial charge in [-0.1, -0.05) is 53.7 Å². The molecular weight excluding hydrogens is 473 g/mol. The predicted molar refractivity (Wildman–Crippen MR) is 120 cm³/mol. The molecule has 2 aromatic carbocycles. The Morgan fingerprint density at radius 1 is 1.09 bits per heavy atom. The molecule has 1 atom stereocenters. The zero-order valence-electron chi connectivity index (χ0n) is 17.3. The molecule has 10 heteroatoms. The normalized spacial score (nSPS) is 17.1. The Labute approximate surface area is 197 Å². The number of nitrogens with zero attached hydrogens (tertiary/aromatic N) is 3. The zero-order valence-corrected chi connectivity index (χ0v) is 18.9. The van der Waals surface area contributed by atoms with Gasteiger partial charge in [0.05, 0.1) is 16.3 Å². The molecule has 0 radical (unpaired) electrons. The van der Waals surface area contributed by atoms with E-state index >= 15 is 0 Å². The molecule has 2 aliphatic carbocycles. The fourth-order valence-electron chi connectivity index (χ4n) is 3.67. The van der Waals surface area contributed by atoms with Crippen molar-refractivity contribution in [2.24, 2.45) is 0 Å². The number of thioether (sulfide) groups is 1. The minimum Gasteiger partial charge on any atom is -0.323 e. The molecule has 5 nitrogen and oxygen atoms in total. The van der Waals surface area contributed by atoms with Crippen LogP contribution < -0.4 is 5.32 Å². The summed E-state index contributed by atoms with van der Waals surface area (Å²) in [5.41, 5.74) is -0.254. The minimum absolute atomic E-state index is 0.0327. The van der Waals surface area contributed by atoms with Crippen LogP contribution in [-0.4, -0.2) is 20.7 Å². The monoisotopic (exact) mass is 492 g/mol. The molecule has 33 heavy (non-hydrogen) atoms. The van der Waals surface area contributed by atoms with Gasteiger partial charge in [-0.3, -0.25) is 4.79 Å². The number of halogens is 4. The molecule has 0 saturated heterocycles. The van der Waals surface area contributed by atoms with Crippen LogP contribution in [0.3, 0.4) is 0 Å². The molecule has 0 aliphatic heterocycles. The van der Waals surface area contributed by atoms with Crippen molar-refractivity contribution in [2.75, 3.05) is 5.32 Å². The summed E-state index contributed by atoms with van der Waals surface area (Å²) in [5, 5.41) is 11.3. The average Bonchev–Trinajstić information content (AvgIpc) is 3.72. The Morgan fingerprint density at radius 2 is 1.82 bits per heavy atom.